The van der Waals surface area contributed by atoms with E-state index in [2.05, 4.69) is 21.7 Å². The number of likely N-dealkylation sites (tertiary alicyclic amines) is 1. The molecule has 2 unspecified atom stereocenters. The molecule has 3 atom stereocenters. The van der Waals surface area contributed by atoms with E-state index in [4.69, 9.17) is 9.47 Å². The zero-order valence-corrected chi connectivity index (χ0v) is 22.0. The Bertz CT molecular complexity index is 1300. The van der Waals surface area contributed by atoms with Gasteiger partial charge in [-0.3, -0.25) is 14.7 Å². The van der Waals surface area contributed by atoms with E-state index in [-0.39, 0.29) is 18.3 Å². The summed E-state index contributed by atoms with van der Waals surface area (Å²) in [6, 6.07) is 14.9. The van der Waals surface area contributed by atoms with Gasteiger partial charge in [-0.15, -0.1) is 0 Å². The van der Waals surface area contributed by atoms with Gasteiger partial charge in [0, 0.05) is 24.5 Å². The highest BCUT2D eigenvalue weighted by atomic mass is 19.1. The number of nitrogens with zero attached hydrogens (tertiary/aromatic N) is 2. The molecule has 0 amide bonds. The van der Waals surface area contributed by atoms with Gasteiger partial charge in [-0.1, -0.05) is 24.0 Å². The summed E-state index contributed by atoms with van der Waals surface area (Å²) in [5.41, 5.74) is 2.22. The van der Waals surface area contributed by atoms with Crippen molar-refractivity contribution in [2.75, 3.05) is 33.9 Å². The molecule has 1 aliphatic heterocycles. The van der Waals surface area contributed by atoms with E-state index in [0.717, 1.165) is 41.7 Å². The number of pyridine rings is 1. The number of benzene rings is 2. The van der Waals surface area contributed by atoms with Crippen molar-refractivity contribution >= 4 is 16.9 Å². The topological polar surface area (TPSA) is 71.9 Å². The highest BCUT2D eigenvalue weighted by Gasteiger charge is 2.30. The van der Waals surface area contributed by atoms with Gasteiger partial charge in [0.15, 0.2) is 0 Å². The van der Waals surface area contributed by atoms with E-state index in [1.165, 1.54) is 0 Å². The maximum atomic E-state index is 15.6. The number of halogens is 1. The minimum absolute atomic E-state index is 0.121. The van der Waals surface area contributed by atoms with Gasteiger partial charge in [-0.2, -0.15) is 0 Å². The molecule has 0 saturated carbocycles. The molecule has 1 fully saturated rings. The van der Waals surface area contributed by atoms with E-state index < -0.39 is 12.1 Å². The van der Waals surface area contributed by atoms with Gasteiger partial charge in [0.25, 0.3) is 0 Å². The van der Waals surface area contributed by atoms with Gasteiger partial charge in [0.05, 0.1) is 31.8 Å². The molecule has 38 heavy (non-hydrogen) atoms. The SMILES string of the molecule is COc1ccc2nccc([C@@H](F)CCC3CCN(CC#Cc4ccccc4OC)CC3CCC(=O)O)c2c1. The number of carboxylic acid groups (broad SMARTS) is 1. The molecule has 1 saturated heterocycles. The van der Waals surface area contributed by atoms with Gasteiger partial charge in [-0.05, 0) is 86.0 Å². The molecule has 1 N–H and O–H groups in total. The molecule has 0 radical (unpaired) electrons. The van der Waals surface area contributed by atoms with Crippen molar-refractivity contribution < 1.29 is 23.8 Å². The summed E-state index contributed by atoms with van der Waals surface area (Å²) in [7, 11) is 3.23. The predicted octanol–water partition coefficient (Wildman–Crippen LogP) is 5.90. The lowest BCUT2D eigenvalue weighted by atomic mass is 9.79. The molecule has 4 rings (SSSR count). The van der Waals surface area contributed by atoms with Gasteiger partial charge < -0.3 is 14.6 Å². The number of para-hydroxylation sites is 1. The third kappa shape index (κ3) is 7.02. The van der Waals surface area contributed by atoms with Crippen LogP contribution in [-0.4, -0.2) is 54.8 Å². The molecule has 7 heteroatoms. The van der Waals surface area contributed by atoms with Crippen molar-refractivity contribution in [1.82, 2.24) is 9.88 Å². The van der Waals surface area contributed by atoms with E-state index >= 15 is 4.39 Å². The first-order valence-electron chi connectivity index (χ1n) is 13.1. The molecule has 2 heterocycles. The Hall–Kier alpha value is -3.63. The lowest BCUT2D eigenvalue weighted by Gasteiger charge is -2.38. The highest BCUT2D eigenvalue weighted by Crippen LogP contribution is 2.36. The van der Waals surface area contributed by atoms with Crippen LogP contribution in [0, 0.1) is 23.7 Å². The summed E-state index contributed by atoms with van der Waals surface area (Å²) >= 11 is 0. The Morgan fingerprint density at radius 2 is 2.00 bits per heavy atom. The molecular weight excluding hydrogens is 483 g/mol. The second-order valence-corrected chi connectivity index (χ2v) is 9.81. The fourth-order valence-electron chi connectivity index (χ4n) is 5.37. The number of hydrogen-bond acceptors (Lipinski definition) is 5. The quantitative estimate of drug-likeness (QED) is 0.337. The number of piperidine rings is 1. The molecule has 6 nitrogen and oxygen atoms in total. The summed E-state index contributed by atoms with van der Waals surface area (Å²) in [6.07, 6.45) is 3.23. The number of carboxylic acids is 1. The van der Waals surface area contributed by atoms with E-state index in [1.54, 1.807) is 26.5 Å². The smallest absolute Gasteiger partial charge is 0.303 e. The minimum Gasteiger partial charge on any atom is -0.497 e. The molecule has 200 valence electrons. The Kier molecular flexibility index (Phi) is 9.56. The van der Waals surface area contributed by atoms with Crippen LogP contribution in [-0.2, 0) is 4.79 Å². The van der Waals surface area contributed by atoms with Crippen LogP contribution in [0.15, 0.2) is 54.7 Å². The fourth-order valence-corrected chi connectivity index (χ4v) is 5.37. The van der Waals surface area contributed by atoms with Crippen molar-refractivity contribution in [3.8, 4) is 23.3 Å². The Morgan fingerprint density at radius 3 is 2.79 bits per heavy atom. The van der Waals surface area contributed by atoms with Crippen LogP contribution < -0.4 is 9.47 Å². The zero-order chi connectivity index (χ0) is 26.9. The monoisotopic (exact) mass is 518 g/mol. The number of aromatic nitrogens is 1. The Balaban J connectivity index is 1.40. The van der Waals surface area contributed by atoms with Crippen LogP contribution in [0.4, 0.5) is 4.39 Å². The maximum absolute atomic E-state index is 15.6. The zero-order valence-electron chi connectivity index (χ0n) is 22.0. The van der Waals surface area contributed by atoms with Crippen LogP contribution in [0.25, 0.3) is 10.9 Å². The van der Waals surface area contributed by atoms with Gasteiger partial charge >= 0.3 is 5.97 Å². The molecule has 1 aromatic heterocycles. The second kappa shape index (κ2) is 13.3. The van der Waals surface area contributed by atoms with Crippen molar-refractivity contribution in [3.05, 3.63) is 65.9 Å². The predicted molar refractivity (Wildman–Crippen MR) is 146 cm³/mol. The molecule has 0 spiro atoms. The second-order valence-electron chi connectivity index (χ2n) is 9.81. The standard InChI is InChI=1S/C31H35FN2O4/c1-37-25-11-13-29-27(20-25)26(15-17-33-29)28(32)12-9-22-16-19-34(21-24(22)10-14-31(35)36)18-5-7-23-6-3-4-8-30(23)38-2/h3-4,6,8,11,13,15,17,20,22,24,28H,9-10,12,14,16,18-19,21H2,1-2H3,(H,35,36)/t22?,24?,28-/m0/s1. The first kappa shape index (κ1) is 27.4. The number of methoxy groups -OCH3 is 2. The van der Waals surface area contributed by atoms with Crippen molar-refractivity contribution in [1.29, 1.82) is 0 Å². The summed E-state index contributed by atoms with van der Waals surface area (Å²) in [4.78, 5) is 18.0. The fraction of sp³-hybridized carbons (Fsp3) is 0.419. The normalized spacial score (nSPS) is 18.4. The molecule has 0 aliphatic carbocycles. The van der Waals surface area contributed by atoms with Gasteiger partial charge in [-0.25, -0.2) is 4.39 Å². The first-order valence-corrected chi connectivity index (χ1v) is 13.1. The third-order valence-corrected chi connectivity index (χ3v) is 7.45. The number of fused-ring (bicyclic) bond motifs is 1. The Morgan fingerprint density at radius 1 is 1.16 bits per heavy atom. The number of ether oxygens (including phenoxy) is 2. The summed E-state index contributed by atoms with van der Waals surface area (Å²) < 4.78 is 26.3. The third-order valence-electron chi connectivity index (χ3n) is 7.45. The van der Waals surface area contributed by atoms with Crippen LogP contribution >= 0.6 is 0 Å². The summed E-state index contributed by atoms with van der Waals surface area (Å²) in [5.74, 6) is 7.53. The molecule has 1 aliphatic rings. The van der Waals surface area contributed by atoms with Gasteiger partial charge in [0.1, 0.15) is 17.7 Å². The highest BCUT2D eigenvalue weighted by molar-refractivity contribution is 5.83. The van der Waals surface area contributed by atoms with Crippen LogP contribution in [0.1, 0.15) is 49.4 Å². The average molecular weight is 519 g/mol. The number of aliphatic carboxylic acids is 1. The van der Waals surface area contributed by atoms with Crippen molar-refractivity contribution in [3.63, 3.8) is 0 Å². The lowest BCUT2D eigenvalue weighted by Crippen LogP contribution is -2.41. The molecule has 2 aromatic carbocycles. The largest absolute Gasteiger partial charge is 0.497 e. The minimum atomic E-state index is -1.13. The molecule has 0 bridgehead atoms. The number of carbonyl (C=O) groups is 1. The molecular formula is C31H35FN2O4. The average Bonchev–Trinajstić information content (AvgIpc) is 2.94. The van der Waals surface area contributed by atoms with Crippen LogP contribution in [0.5, 0.6) is 11.5 Å². The van der Waals surface area contributed by atoms with Crippen molar-refractivity contribution in [2.24, 2.45) is 11.8 Å². The lowest BCUT2D eigenvalue weighted by molar-refractivity contribution is -0.137. The van der Waals surface area contributed by atoms with Crippen LogP contribution in [0.3, 0.4) is 0 Å². The van der Waals surface area contributed by atoms with Gasteiger partial charge in [0.2, 0.25) is 0 Å². The molecule has 3 aromatic rings. The summed E-state index contributed by atoms with van der Waals surface area (Å²) in [6.45, 7) is 2.23. The number of alkyl halides is 1. The number of rotatable bonds is 10. The van der Waals surface area contributed by atoms with E-state index in [1.807, 2.05) is 42.5 Å². The van der Waals surface area contributed by atoms with E-state index in [9.17, 15) is 9.90 Å². The maximum Gasteiger partial charge on any atom is 0.303 e. The Labute approximate surface area is 223 Å². The number of hydrogen-bond donors (Lipinski definition) is 1. The van der Waals surface area contributed by atoms with Crippen LogP contribution in [0.2, 0.25) is 0 Å². The first-order chi connectivity index (χ1) is 18.5. The van der Waals surface area contributed by atoms with Crippen molar-refractivity contribution in [2.45, 2.75) is 38.3 Å². The van der Waals surface area contributed by atoms with E-state index in [0.29, 0.717) is 37.1 Å². The summed E-state index contributed by atoms with van der Waals surface area (Å²) in [5, 5.41) is 10.1.